The number of carbonyl (C=O) groups is 1. The Bertz CT molecular complexity index is 267. The molecule has 0 aliphatic carbocycles. The lowest BCUT2D eigenvalue weighted by atomic mass is 10.1. The van der Waals surface area contributed by atoms with E-state index >= 15 is 0 Å². The summed E-state index contributed by atoms with van der Waals surface area (Å²) in [5.41, 5.74) is 0. The Morgan fingerprint density at radius 2 is 2.12 bits per heavy atom. The second-order valence-corrected chi connectivity index (χ2v) is 3.36. The van der Waals surface area contributed by atoms with Gasteiger partial charge in [-0.2, -0.15) is 0 Å². The first kappa shape index (κ1) is 13.1. The Morgan fingerprint density at radius 1 is 1.50 bits per heavy atom. The van der Waals surface area contributed by atoms with E-state index in [1.54, 1.807) is 0 Å². The summed E-state index contributed by atoms with van der Waals surface area (Å²) in [5.74, 6) is -1.54. The molecule has 7 heteroatoms. The van der Waals surface area contributed by atoms with Gasteiger partial charge in [0.2, 0.25) is 0 Å². The third-order valence-electron chi connectivity index (χ3n) is 2.20. The highest BCUT2D eigenvalue weighted by Crippen LogP contribution is 2.24. The molecule has 1 fully saturated rings. The normalized spacial score (nSPS) is 35.9. The van der Waals surface area contributed by atoms with E-state index in [9.17, 15) is 20.1 Å². The number of rotatable bonds is 5. The molecule has 0 amide bonds. The Morgan fingerprint density at radius 3 is 2.62 bits per heavy atom. The van der Waals surface area contributed by atoms with E-state index in [0.29, 0.717) is 0 Å². The summed E-state index contributed by atoms with van der Waals surface area (Å²) >= 11 is 0. The van der Waals surface area contributed by atoms with E-state index in [2.05, 4.69) is 6.58 Å². The quantitative estimate of drug-likeness (QED) is 0.410. The highest BCUT2D eigenvalue weighted by molar-refractivity contribution is 5.72. The van der Waals surface area contributed by atoms with Crippen molar-refractivity contribution in [2.45, 2.75) is 30.7 Å². The van der Waals surface area contributed by atoms with Crippen molar-refractivity contribution in [2.75, 3.05) is 6.61 Å². The van der Waals surface area contributed by atoms with Crippen LogP contribution in [0.1, 0.15) is 0 Å². The minimum Gasteiger partial charge on any atom is -0.479 e. The smallest absolute Gasteiger partial charge is 0.335 e. The average Bonchev–Trinajstić information content (AvgIpc) is 2.52. The molecular weight excluding hydrogens is 220 g/mol. The van der Waals surface area contributed by atoms with Crippen LogP contribution in [-0.4, -0.2) is 63.7 Å². The van der Waals surface area contributed by atoms with Crippen LogP contribution in [0.15, 0.2) is 12.7 Å². The first-order chi connectivity index (χ1) is 7.49. The lowest BCUT2D eigenvalue weighted by Crippen LogP contribution is -2.42. The van der Waals surface area contributed by atoms with E-state index in [1.807, 2.05) is 0 Å². The molecule has 1 rings (SSSR count). The highest BCUT2D eigenvalue weighted by atomic mass is 16.7. The van der Waals surface area contributed by atoms with Gasteiger partial charge in [-0.3, -0.25) is 0 Å². The van der Waals surface area contributed by atoms with Crippen molar-refractivity contribution >= 4 is 5.97 Å². The van der Waals surface area contributed by atoms with Crippen molar-refractivity contribution < 1.29 is 34.7 Å². The van der Waals surface area contributed by atoms with Crippen molar-refractivity contribution in [3.05, 3.63) is 12.7 Å². The number of aliphatic hydroxyl groups is 3. The van der Waals surface area contributed by atoms with Gasteiger partial charge in [0.15, 0.2) is 12.4 Å². The second-order valence-electron chi connectivity index (χ2n) is 3.36. The first-order valence-electron chi connectivity index (χ1n) is 4.64. The molecule has 0 bridgehead atoms. The minimum atomic E-state index is -1.91. The molecule has 4 N–H and O–H groups in total. The van der Waals surface area contributed by atoms with Crippen LogP contribution < -0.4 is 0 Å². The molecule has 16 heavy (non-hydrogen) atoms. The SMILES string of the molecule is C=CCO[C@H]1O[C@H]([C@H](O)C(=O)O)[C@H](O)[C@@H]1O. The Hall–Kier alpha value is -0.990. The fourth-order valence-electron chi connectivity index (χ4n) is 1.37. The second kappa shape index (κ2) is 5.37. The molecular formula is C9H14O7. The summed E-state index contributed by atoms with van der Waals surface area (Å²) < 4.78 is 9.85. The maximum absolute atomic E-state index is 10.5. The molecule has 0 aromatic heterocycles. The number of aliphatic hydroxyl groups excluding tert-OH is 3. The van der Waals surface area contributed by atoms with Crippen LogP contribution in [0.5, 0.6) is 0 Å². The monoisotopic (exact) mass is 234 g/mol. The molecule has 92 valence electrons. The Kier molecular flexibility index (Phi) is 4.39. The van der Waals surface area contributed by atoms with Gasteiger partial charge in [-0.05, 0) is 0 Å². The van der Waals surface area contributed by atoms with Crippen LogP contribution in [0.2, 0.25) is 0 Å². The van der Waals surface area contributed by atoms with E-state index in [-0.39, 0.29) is 6.61 Å². The van der Waals surface area contributed by atoms with Crippen molar-refractivity contribution in [3.8, 4) is 0 Å². The van der Waals surface area contributed by atoms with Crippen molar-refractivity contribution in [1.29, 1.82) is 0 Å². The summed E-state index contributed by atoms with van der Waals surface area (Å²) in [5, 5.41) is 36.6. The van der Waals surface area contributed by atoms with E-state index < -0.39 is 36.7 Å². The van der Waals surface area contributed by atoms with Gasteiger partial charge < -0.3 is 29.9 Å². The largest absolute Gasteiger partial charge is 0.479 e. The number of ether oxygens (including phenoxy) is 2. The van der Waals surface area contributed by atoms with Crippen LogP contribution >= 0.6 is 0 Å². The number of aliphatic carboxylic acids is 1. The summed E-state index contributed by atoms with van der Waals surface area (Å²) in [6, 6.07) is 0. The molecule has 5 atom stereocenters. The zero-order valence-corrected chi connectivity index (χ0v) is 8.39. The number of hydrogen-bond donors (Lipinski definition) is 4. The van der Waals surface area contributed by atoms with Crippen LogP contribution in [0.25, 0.3) is 0 Å². The fourth-order valence-corrected chi connectivity index (χ4v) is 1.37. The molecule has 7 nitrogen and oxygen atoms in total. The molecule has 1 aliphatic rings. The Balaban J connectivity index is 2.63. The standard InChI is InChI=1S/C9H14O7/c1-2-3-15-9-5(11)4(10)7(16-9)6(12)8(13)14/h2,4-7,9-12H,1,3H2,(H,13,14)/t4-,5+,6+,7+,9+/m1/s1. The van der Waals surface area contributed by atoms with Gasteiger partial charge in [0.05, 0.1) is 6.61 Å². The van der Waals surface area contributed by atoms with Crippen molar-refractivity contribution in [3.63, 3.8) is 0 Å². The maximum Gasteiger partial charge on any atom is 0.335 e. The van der Waals surface area contributed by atoms with Crippen molar-refractivity contribution in [2.24, 2.45) is 0 Å². The number of carboxylic acids is 1. The van der Waals surface area contributed by atoms with Crippen LogP contribution in [0.4, 0.5) is 0 Å². The first-order valence-corrected chi connectivity index (χ1v) is 4.64. The lowest BCUT2D eigenvalue weighted by Gasteiger charge is -2.16. The predicted molar refractivity (Wildman–Crippen MR) is 50.5 cm³/mol. The van der Waals surface area contributed by atoms with Gasteiger partial charge in [0.1, 0.15) is 18.3 Å². The molecule has 1 saturated heterocycles. The Labute approximate surface area is 91.5 Å². The molecule has 0 unspecified atom stereocenters. The highest BCUT2D eigenvalue weighted by Gasteiger charge is 2.48. The fraction of sp³-hybridized carbons (Fsp3) is 0.667. The molecule has 0 spiro atoms. The van der Waals surface area contributed by atoms with Crippen LogP contribution in [0.3, 0.4) is 0 Å². The lowest BCUT2D eigenvalue weighted by molar-refractivity contribution is -0.182. The predicted octanol–water partition coefficient (Wildman–Crippen LogP) is -1.92. The summed E-state index contributed by atoms with van der Waals surface area (Å²) in [7, 11) is 0. The van der Waals surface area contributed by atoms with Gasteiger partial charge in [-0.25, -0.2) is 4.79 Å². The molecule has 0 radical (unpaired) electrons. The zero-order chi connectivity index (χ0) is 12.3. The van der Waals surface area contributed by atoms with Gasteiger partial charge in [-0.1, -0.05) is 6.08 Å². The van der Waals surface area contributed by atoms with Gasteiger partial charge in [-0.15, -0.1) is 6.58 Å². The molecule has 1 heterocycles. The molecule has 1 aliphatic heterocycles. The van der Waals surface area contributed by atoms with Gasteiger partial charge >= 0.3 is 5.97 Å². The molecule has 0 aromatic rings. The van der Waals surface area contributed by atoms with Crippen molar-refractivity contribution in [1.82, 2.24) is 0 Å². The number of carboxylic acid groups (broad SMARTS) is 1. The zero-order valence-electron chi connectivity index (χ0n) is 8.39. The van der Waals surface area contributed by atoms with Crippen LogP contribution in [0, 0.1) is 0 Å². The third kappa shape index (κ3) is 2.57. The summed E-state index contributed by atoms with van der Waals surface area (Å²) in [6.07, 6.45) is -6.01. The average molecular weight is 234 g/mol. The van der Waals surface area contributed by atoms with Crippen LogP contribution in [-0.2, 0) is 14.3 Å². The van der Waals surface area contributed by atoms with Gasteiger partial charge in [0, 0.05) is 0 Å². The van der Waals surface area contributed by atoms with Gasteiger partial charge in [0.25, 0.3) is 0 Å². The number of hydrogen-bond acceptors (Lipinski definition) is 6. The molecule has 0 aromatic carbocycles. The van der Waals surface area contributed by atoms with E-state index in [4.69, 9.17) is 14.6 Å². The topological polar surface area (TPSA) is 116 Å². The van der Waals surface area contributed by atoms with E-state index in [0.717, 1.165) is 0 Å². The molecule has 0 saturated carbocycles. The maximum atomic E-state index is 10.5. The summed E-state index contributed by atoms with van der Waals surface area (Å²) in [6.45, 7) is 3.45. The third-order valence-corrected chi connectivity index (χ3v) is 2.20. The minimum absolute atomic E-state index is 0.0737. The van der Waals surface area contributed by atoms with E-state index in [1.165, 1.54) is 6.08 Å². The summed E-state index contributed by atoms with van der Waals surface area (Å²) in [4.78, 5) is 10.5.